The van der Waals surface area contributed by atoms with Gasteiger partial charge in [-0.1, -0.05) is 18.5 Å². The molecule has 0 aromatic carbocycles. The van der Waals surface area contributed by atoms with Gasteiger partial charge < -0.3 is 5.32 Å². The summed E-state index contributed by atoms with van der Waals surface area (Å²) in [5, 5.41) is 2.93. The first-order chi connectivity index (χ1) is 7.56. The minimum Gasteiger partial charge on any atom is -0.310 e. The number of hydrogen-bond acceptors (Lipinski definition) is 3. The lowest BCUT2D eigenvalue weighted by molar-refractivity contribution is -0.119. The summed E-state index contributed by atoms with van der Waals surface area (Å²) in [5.41, 5.74) is 0. The second-order valence-electron chi connectivity index (χ2n) is 3.96. The van der Waals surface area contributed by atoms with E-state index in [2.05, 4.69) is 15.3 Å². The zero-order valence-electron chi connectivity index (χ0n) is 8.70. The second-order valence-corrected chi connectivity index (χ2v) is 4.69. The third-order valence-corrected chi connectivity index (χ3v) is 3.02. The van der Waals surface area contributed by atoms with Crippen molar-refractivity contribution in [2.45, 2.75) is 19.8 Å². The van der Waals surface area contributed by atoms with Crippen molar-refractivity contribution in [3.05, 3.63) is 16.5 Å². The normalized spacial score (nSPS) is 16.9. The number of carbonyl (C=O) groups is 1. The van der Waals surface area contributed by atoms with E-state index in [0.717, 1.165) is 12.8 Å². The Hall–Kier alpha value is -0.870. The van der Waals surface area contributed by atoms with Gasteiger partial charge in [0.05, 0.1) is 0 Å². The van der Waals surface area contributed by atoms with Crippen molar-refractivity contribution in [3.63, 3.8) is 0 Å². The summed E-state index contributed by atoms with van der Waals surface area (Å²) in [7, 11) is 0. The molecule has 1 fully saturated rings. The average Bonchev–Trinajstić information content (AvgIpc) is 2.97. The minimum absolute atomic E-state index is 0.00696. The lowest BCUT2D eigenvalue weighted by Crippen LogP contribution is -2.22. The Labute approximate surface area is 103 Å². The molecule has 1 aromatic heterocycles. The molecule has 1 N–H and O–H groups in total. The molecule has 1 saturated carbocycles. The number of hydrogen-bond donors (Lipinski definition) is 1. The largest absolute Gasteiger partial charge is 0.310 e. The molecule has 0 spiro atoms. The lowest BCUT2D eigenvalue weighted by atomic mass is 10.1. The first-order valence-electron chi connectivity index (χ1n) is 5.07. The quantitative estimate of drug-likeness (QED) is 0.671. The minimum atomic E-state index is -0.0478. The Morgan fingerprint density at radius 2 is 2.19 bits per heavy atom. The van der Waals surface area contributed by atoms with Crippen molar-refractivity contribution in [3.8, 4) is 0 Å². The molecule has 1 aromatic rings. The second kappa shape index (κ2) is 4.55. The molecule has 1 heterocycles. The number of aromatic nitrogens is 2. The fourth-order valence-corrected chi connectivity index (χ4v) is 1.91. The van der Waals surface area contributed by atoms with Gasteiger partial charge in [-0.15, -0.1) is 0 Å². The highest BCUT2D eigenvalue weighted by atomic mass is 35.5. The van der Waals surface area contributed by atoms with Gasteiger partial charge in [0, 0.05) is 12.0 Å². The number of nitrogens with zero attached hydrogens (tertiary/aromatic N) is 2. The van der Waals surface area contributed by atoms with Gasteiger partial charge in [0.2, 0.25) is 11.2 Å². The lowest BCUT2D eigenvalue weighted by Gasteiger charge is -2.10. The van der Waals surface area contributed by atoms with E-state index in [9.17, 15) is 4.79 Å². The summed E-state index contributed by atoms with van der Waals surface area (Å²) in [5.74, 6) is 0.816. The third-order valence-electron chi connectivity index (χ3n) is 2.66. The molecule has 1 atom stereocenters. The molecule has 6 heteroatoms. The first-order valence-corrected chi connectivity index (χ1v) is 5.83. The Bertz CT molecular complexity index is 400. The highest BCUT2D eigenvalue weighted by Gasteiger charge is 2.32. The summed E-state index contributed by atoms with van der Waals surface area (Å²) >= 11 is 11.3. The molecule has 1 unspecified atom stereocenters. The monoisotopic (exact) mass is 259 g/mol. The van der Waals surface area contributed by atoms with Crippen LogP contribution in [0.2, 0.25) is 10.4 Å². The molecular formula is C10H11Cl2N3O. The molecule has 1 amide bonds. The summed E-state index contributed by atoms with van der Waals surface area (Å²) in [6.45, 7) is 1.91. The number of halogens is 2. The van der Waals surface area contributed by atoms with Crippen molar-refractivity contribution >= 4 is 34.9 Å². The molecule has 4 nitrogen and oxygen atoms in total. The Balaban J connectivity index is 2.04. The van der Waals surface area contributed by atoms with Gasteiger partial charge in [0.1, 0.15) is 11.0 Å². The highest BCUT2D eigenvalue weighted by molar-refractivity contribution is 6.32. The van der Waals surface area contributed by atoms with E-state index in [1.807, 2.05) is 6.92 Å². The number of rotatable bonds is 3. The zero-order valence-corrected chi connectivity index (χ0v) is 10.2. The van der Waals surface area contributed by atoms with E-state index in [4.69, 9.17) is 23.2 Å². The van der Waals surface area contributed by atoms with Crippen LogP contribution in [0, 0.1) is 11.8 Å². The predicted octanol–water partition coefficient (Wildman–Crippen LogP) is 2.77. The third kappa shape index (κ3) is 2.83. The van der Waals surface area contributed by atoms with Gasteiger partial charge in [-0.25, -0.2) is 9.97 Å². The molecule has 16 heavy (non-hydrogen) atoms. The Kier molecular flexibility index (Phi) is 3.30. The molecule has 1 aliphatic rings. The standard InChI is InChI=1S/C10H11Cl2N3O/c1-5(6-2-3-6)9(16)14-8-4-7(11)13-10(12)15-8/h4-6H,2-3H2,1H3,(H,13,14,15,16). The maximum atomic E-state index is 11.8. The van der Waals surface area contributed by atoms with E-state index < -0.39 is 0 Å². The molecule has 2 rings (SSSR count). The number of anilines is 1. The topological polar surface area (TPSA) is 54.9 Å². The van der Waals surface area contributed by atoms with Crippen LogP contribution in [0.5, 0.6) is 0 Å². The van der Waals surface area contributed by atoms with Crippen molar-refractivity contribution in [2.75, 3.05) is 5.32 Å². The van der Waals surface area contributed by atoms with Crippen molar-refractivity contribution in [1.29, 1.82) is 0 Å². The van der Waals surface area contributed by atoms with Crippen LogP contribution < -0.4 is 5.32 Å². The van der Waals surface area contributed by atoms with Gasteiger partial charge >= 0.3 is 0 Å². The smallest absolute Gasteiger partial charge is 0.228 e. The van der Waals surface area contributed by atoms with Gasteiger partial charge in [-0.05, 0) is 30.4 Å². The predicted molar refractivity (Wildman–Crippen MR) is 62.6 cm³/mol. The van der Waals surface area contributed by atoms with Gasteiger partial charge in [-0.2, -0.15) is 0 Å². The van der Waals surface area contributed by atoms with Crippen LogP contribution in [0.3, 0.4) is 0 Å². The highest BCUT2D eigenvalue weighted by Crippen LogP contribution is 2.37. The summed E-state index contributed by atoms with van der Waals surface area (Å²) in [6.07, 6.45) is 2.25. The maximum Gasteiger partial charge on any atom is 0.228 e. The number of amides is 1. The van der Waals surface area contributed by atoms with E-state index in [1.54, 1.807) is 0 Å². The van der Waals surface area contributed by atoms with Gasteiger partial charge in [-0.3, -0.25) is 4.79 Å². The Morgan fingerprint density at radius 3 is 2.75 bits per heavy atom. The van der Waals surface area contributed by atoms with Crippen molar-refractivity contribution in [1.82, 2.24) is 9.97 Å². The molecule has 0 bridgehead atoms. The van der Waals surface area contributed by atoms with Crippen LogP contribution in [0.1, 0.15) is 19.8 Å². The fraction of sp³-hybridized carbons (Fsp3) is 0.500. The van der Waals surface area contributed by atoms with Gasteiger partial charge in [0.15, 0.2) is 0 Å². The maximum absolute atomic E-state index is 11.8. The number of nitrogens with one attached hydrogen (secondary N) is 1. The molecule has 86 valence electrons. The van der Waals surface area contributed by atoms with E-state index >= 15 is 0 Å². The van der Waals surface area contributed by atoms with Crippen LogP contribution in [0.15, 0.2) is 6.07 Å². The average molecular weight is 260 g/mol. The van der Waals surface area contributed by atoms with Crippen molar-refractivity contribution < 1.29 is 4.79 Å². The summed E-state index contributed by atoms with van der Waals surface area (Å²) in [6, 6.07) is 1.48. The van der Waals surface area contributed by atoms with Crippen LogP contribution in [0.25, 0.3) is 0 Å². The summed E-state index contributed by atoms with van der Waals surface area (Å²) in [4.78, 5) is 19.3. The molecule has 0 radical (unpaired) electrons. The zero-order chi connectivity index (χ0) is 11.7. The van der Waals surface area contributed by atoms with Crippen LogP contribution in [-0.2, 0) is 4.79 Å². The number of carbonyl (C=O) groups excluding carboxylic acids is 1. The summed E-state index contributed by atoms with van der Waals surface area (Å²) < 4.78 is 0. The van der Waals surface area contributed by atoms with E-state index in [0.29, 0.717) is 11.7 Å². The molecule has 0 aliphatic heterocycles. The molecular weight excluding hydrogens is 249 g/mol. The van der Waals surface area contributed by atoms with Gasteiger partial charge in [0.25, 0.3) is 0 Å². The van der Waals surface area contributed by atoms with Crippen LogP contribution >= 0.6 is 23.2 Å². The fourth-order valence-electron chi connectivity index (χ4n) is 1.50. The SMILES string of the molecule is CC(C(=O)Nc1cc(Cl)nc(Cl)n1)C1CC1. The van der Waals surface area contributed by atoms with Crippen molar-refractivity contribution in [2.24, 2.45) is 11.8 Å². The first kappa shape index (κ1) is 11.6. The van der Waals surface area contributed by atoms with Crippen LogP contribution in [-0.4, -0.2) is 15.9 Å². The molecule has 1 aliphatic carbocycles. The van der Waals surface area contributed by atoms with E-state index in [1.165, 1.54) is 6.07 Å². The van der Waals surface area contributed by atoms with Crippen LogP contribution in [0.4, 0.5) is 5.82 Å². The molecule has 0 saturated heterocycles. The van der Waals surface area contributed by atoms with E-state index in [-0.39, 0.29) is 22.3 Å². The Morgan fingerprint density at radius 1 is 1.50 bits per heavy atom.